The molecule has 0 aliphatic carbocycles. The number of amides is 1. The molecular formula is C30H26N4O5S. The lowest BCUT2D eigenvalue weighted by Gasteiger charge is -2.19. The lowest BCUT2D eigenvalue weighted by atomic mass is 10.1. The number of ether oxygens (including phenoxy) is 3. The number of anilines is 1. The van der Waals surface area contributed by atoms with Gasteiger partial charge in [-0.1, -0.05) is 30.3 Å². The molecule has 0 bridgehead atoms. The Kier molecular flexibility index (Phi) is 6.61. The smallest absolute Gasteiger partial charge is 0.294 e. The van der Waals surface area contributed by atoms with Gasteiger partial charge in [0.25, 0.3) is 11.1 Å². The number of aromatic nitrogens is 3. The molecule has 6 aromatic rings. The van der Waals surface area contributed by atoms with Crippen LogP contribution in [-0.4, -0.2) is 41.8 Å². The fourth-order valence-corrected chi connectivity index (χ4v) is 5.16. The summed E-state index contributed by atoms with van der Waals surface area (Å²) in [7, 11) is 4.95. The van der Waals surface area contributed by atoms with Gasteiger partial charge in [0.15, 0.2) is 5.76 Å². The average Bonchev–Trinajstić information content (AvgIpc) is 3.68. The Bertz CT molecular complexity index is 1820. The van der Waals surface area contributed by atoms with Gasteiger partial charge in [-0.05, 0) is 53.7 Å². The summed E-state index contributed by atoms with van der Waals surface area (Å²) < 4.78 is 24.8. The van der Waals surface area contributed by atoms with Gasteiger partial charge in [-0.15, -0.1) is 5.10 Å². The maximum atomic E-state index is 13.1. The topological polar surface area (TPSA) is 91.3 Å². The molecule has 0 atom stereocenters. The Morgan fingerprint density at radius 1 is 1.05 bits per heavy atom. The summed E-state index contributed by atoms with van der Waals surface area (Å²) in [5, 5.41) is 5.66. The normalized spacial score (nSPS) is 11.2. The van der Waals surface area contributed by atoms with Crippen LogP contribution in [0.5, 0.6) is 16.7 Å². The molecule has 0 saturated carbocycles. The standard InChI is InChI=1S/C30H26N4O5S/c1-18-8-5-6-11-22(18)28(35)33(2)20-10-7-9-19(12-20)17-38-25-13-21(36-3)14-26-23(25)15-27(39-26)24-16-34-29(31-24)40-30(32-34)37-4/h5-16H,17H2,1-4H3. The third-order valence-electron chi connectivity index (χ3n) is 6.63. The molecule has 9 nitrogen and oxygen atoms in total. The number of benzene rings is 3. The summed E-state index contributed by atoms with van der Waals surface area (Å²) in [4.78, 5) is 20.1. The van der Waals surface area contributed by atoms with Gasteiger partial charge >= 0.3 is 0 Å². The second kappa shape index (κ2) is 10.4. The lowest BCUT2D eigenvalue weighted by Crippen LogP contribution is -2.27. The van der Waals surface area contributed by atoms with E-state index in [-0.39, 0.29) is 12.5 Å². The molecule has 1 amide bonds. The van der Waals surface area contributed by atoms with E-state index in [0.29, 0.717) is 44.3 Å². The highest BCUT2D eigenvalue weighted by Gasteiger charge is 2.18. The number of hydrogen-bond acceptors (Lipinski definition) is 8. The van der Waals surface area contributed by atoms with Crippen LogP contribution in [-0.2, 0) is 6.61 Å². The molecule has 0 aliphatic rings. The van der Waals surface area contributed by atoms with Crippen LogP contribution in [0.25, 0.3) is 27.4 Å². The minimum Gasteiger partial charge on any atom is -0.496 e. The van der Waals surface area contributed by atoms with E-state index in [1.165, 1.54) is 11.3 Å². The van der Waals surface area contributed by atoms with Crippen LogP contribution in [0.15, 0.2) is 77.3 Å². The molecule has 10 heteroatoms. The largest absolute Gasteiger partial charge is 0.496 e. The molecule has 3 heterocycles. The van der Waals surface area contributed by atoms with Gasteiger partial charge in [0.2, 0.25) is 4.96 Å². The number of imidazole rings is 1. The Balaban J connectivity index is 1.26. The zero-order valence-electron chi connectivity index (χ0n) is 22.4. The molecule has 202 valence electrons. The first kappa shape index (κ1) is 25.4. The van der Waals surface area contributed by atoms with Crippen molar-refractivity contribution in [2.75, 3.05) is 26.2 Å². The number of nitrogens with zero attached hydrogens (tertiary/aromatic N) is 4. The molecular weight excluding hydrogens is 528 g/mol. The number of hydrogen-bond donors (Lipinski definition) is 0. The van der Waals surface area contributed by atoms with E-state index < -0.39 is 0 Å². The molecule has 0 fully saturated rings. The molecule has 3 aromatic carbocycles. The second-order valence-electron chi connectivity index (χ2n) is 9.21. The number of methoxy groups -OCH3 is 2. The SMILES string of the molecule is COc1cc(OCc2cccc(N(C)C(=O)c3ccccc3C)c2)c2cc(-c3cn4nc(OC)sc4n3)oc2c1. The van der Waals surface area contributed by atoms with Crippen molar-refractivity contribution in [3.63, 3.8) is 0 Å². The maximum absolute atomic E-state index is 13.1. The van der Waals surface area contributed by atoms with E-state index >= 15 is 0 Å². The number of carbonyl (C=O) groups is 1. The summed E-state index contributed by atoms with van der Waals surface area (Å²) in [6.07, 6.45) is 1.80. The van der Waals surface area contributed by atoms with Crippen LogP contribution >= 0.6 is 11.3 Å². The van der Waals surface area contributed by atoms with E-state index in [9.17, 15) is 4.79 Å². The summed E-state index contributed by atoms with van der Waals surface area (Å²) in [6.45, 7) is 2.22. The van der Waals surface area contributed by atoms with Crippen molar-refractivity contribution in [1.29, 1.82) is 0 Å². The minimum absolute atomic E-state index is 0.0654. The van der Waals surface area contributed by atoms with Gasteiger partial charge in [-0.25, -0.2) is 9.50 Å². The van der Waals surface area contributed by atoms with Crippen molar-refractivity contribution < 1.29 is 23.4 Å². The molecule has 6 rings (SSSR count). The van der Waals surface area contributed by atoms with Crippen molar-refractivity contribution in [2.24, 2.45) is 0 Å². The summed E-state index contributed by atoms with van der Waals surface area (Å²) in [5.41, 5.74) is 4.57. The van der Waals surface area contributed by atoms with Crippen LogP contribution in [0.4, 0.5) is 5.69 Å². The third kappa shape index (κ3) is 4.73. The zero-order chi connectivity index (χ0) is 27.8. The van der Waals surface area contributed by atoms with Crippen molar-refractivity contribution in [2.45, 2.75) is 13.5 Å². The summed E-state index contributed by atoms with van der Waals surface area (Å²) in [5.74, 6) is 1.74. The first-order valence-corrected chi connectivity index (χ1v) is 13.3. The van der Waals surface area contributed by atoms with E-state index in [1.54, 1.807) is 36.9 Å². The molecule has 0 saturated heterocycles. The van der Waals surface area contributed by atoms with Crippen molar-refractivity contribution in [3.8, 4) is 28.1 Å². The van der Waals surface area contributed by atoms with Crippen molar-refractivity contribution in [3.05, 3.63) is 89.6 Å². The van der Waals surface area contributed by atoms with Crippen molar-refractivity contribution >= 4 is 38.9 Å². The zero-order valence-corrected chi connectivity index (χ0v) is 23.2. The average molecular weight is 555 g/mol. The first-order valence-electron chi connectivity index (χ1n) is 12.5. The fourth-order valence-electron chi connectivity index (χ4n) is 4.46. The number of fused-ring (bicyclic) bond motifs is 2. The van der Waals surface area contributed by atoms with Crippen LogP contribution in [0.1, 0.15) is 21.5 Å². The van der Waals surface area contributed by atoms with E-state index in [1.807, 2.05) is 73.7 Å². The van der Waals surface area contributed by atoms with Crippen LogP contribution in [0.2, 0.25) is 0 Å². The van der Waals surface area contributed by atoms with Gasteiger partial charge in [0.1, 0.15) is 29.4 Å². The Labute approximate surface area is 234 Å². The second-order valence-corrected chi connectivity index (χ2v) is 10.1. The molecule has 0 aliphatic heterocycles. The highest BCUT2D eigenvalue weighted by atomic mass is 32.1. The third-order valence-corrected chi connectivity index (χ3v) is 7.52. The molecule has 0 N–H and O–H groups in total. The fraction of sp³-hybridized carbons (Fsp3) is 0.167. The summed E-state index contributed by atoms with van der Waals surface area (Å²) >= 11 is 1.35. The quantitative estimate of drug-likeness (QED) is 0.215. The van der Waals surface area contributed by atoms with Crippen LogP contribution in [0, 0.1) is 6.92 Å². The molecule has 0 spiro atoms. The van der Waals surface area contributed by atoms with Gasteiger partial charge in [-0.2, -0.15) is 0 Å². The maximum Gasteiger partial charge on any atom is 0.294 e. The number of carbonyl (C=O) groups excluding carboxylic acids is 1. The highest BCUT2D eigenvalue weighted by molar-refractivity contribution is 7.18. The van der Waals surface area contributed by atoms with Gasteiger partial charge < -0.3 is 23.5 Å². The van der Waals surface area contributed by atoms with E-state index in [0.717, 1.165) is 22.2 Å². The Hall–Kier alpha value is -4.83. The molecule has 40 heavy (non-hydrogen) atoms. The number of aryl methyl sites for hydroxylation is 1. The minimum atomic E-state index is -0.0654. The van der Waals surface area contributed by atoms with E-state index in [2.05, 4.69) is 10.1 Å². The Morgan fingerprint density at radius 2 is 1.90 bits per heavy atom. The monoisotopic (exact) mass is 554 g/mol. The van der Waals surface area contributed by atoms with E-state index in [4.69, 9.17) is 18.6 Å². The molecule has 3 aromatic heterocycles. The Morgan fingerprint density at radius 3 is 2.67 bits per heavy atom. The molecule has 0 unspecified atom stereocenters. The van der Waals surface area contributed by atoms with Crippen molar-refractivity contribution in [1.82, 2.24) is 14.6 Å². The highest BCUT2D eigenvalue weighted by Crippen LogP contribution is 2.37. The predicted molar refractivity (Wildman–Crippen MR) is 154 cm³/mol. The predicted octanol–water partition coefficient (Wildman–Crippen LogP) is 6.39. The van der Waals surface area contributed by atoms with Crippen LogP contribution < -0.4 is 19.1 Å². The van der Waals surface area contributed by atoms with Gasteiger partial charge in [-0.3, -0.25) is 4.79 Å². The van der Waals surface area contributed by atoms with Crippen LogP contribution in [0.3, 0.4) is 0 Å². The van der Waals surface area contributed by atoms with Gasteiger partial charge in [0, 0.05) is 30.4 Å². The first-order chi connectivity index (χ1) is 19.4. The molecule has 0 radical (unpaired) electrons. The lowest BCUT2D eigenvalue weighted by molar-refractivity contribution is 0.0992. The number of furan rings is 1. The number of rotatable bonds is 8. The van der Waals surface area contributed by atoms with Gasteiger partial charge in [0.05, 0.1) is 25.8 Å². The summed E-state index contributed by atoms with van der Waals surface area (Å²) in [6, 6.07) is 20.9.